The molecule has 0 radical (unpaired) electrons. The highest BCUT2D eigenvalue weighted by Crippen LogP contribution is 2.01. The number of rotatable bonds is 9. The average molecular weight is 201 g/mol. The topological polar surface area (TPSA) is 49.3 Å². The van der Waals surface area contributed by atoms with Gasteiger partial charge in [-0.15, -0.1) is 0 Å². The zero-order valence-electron chi connectivity index (χ0n) is 9.38. The van der Waals surface area contributed by atoms with Gasteiger partial charge in [0, 0.05) is 0 Å². The molecule has 0 aromatic heterocycles. The standard InChI is InChI=1S/C11H23NO2/c1-3-5-7-9-12-10(11(13)14)8-6-4-2/h10,12H,3-9H2,1-2H3,(H,13,14)/t10-/m0/s1. The monoisotopic (exact) mass is 201 g/mol. The van der Waals surface area contributed by atoms with E-state index in [2.05, 4.69) is 19.2 Å². The van der Waals surface area contributed by atoms with Gasteiger partial charge in [0.1, 0.15) is 6.04 Å². The summed E-state index contributed by atoms with van der Waals surface area (Å²) >= 11 is 0. The van der Waals surface area contributed by atoms with E-state index in [0.717, 1.165) is 32.2 Å². The second-order valence-electron chi connectivity index (χ2n) is 3.69. The minimum absolute atomic E-state index is 0.341. The average Bonchev–Trinajstić information content (AvgIpc) is 2.16. The number of carbonyl (C=O) groups is 1. The van der Waals surface area contributed by atoms with E-state index < -0.39 is 5.97 Å². The molecule has 0 saturated carbocycles. The Balaban J connectivity index is 3.57. The summed E-state index contributed by atoms with van der Waals surface area (Å²) in [5.74, 6) is -0.713. The molecule has 14 heavy (non-hydrogen) atoms. The van der Waals surface area contributed by atoms with E-state index >= 15 is 0 Å². The van der Waals surface area contributed by atoms with Crippen LogP contribution in [-0.4, -0.2) is 23.7 Å². The minimum atomic E-state index is -0.713. The first-order valence-electron chi connectivity index (χ1n) is 5.68. The fourth-order valence-corrected chi connectivity index (χ4v) is 1.37. The summed E-state index contributed by atoms with van der Waals surface area (Å²) < 4.78 is 0. The van der Waals surface area contributed by atoms with Gasteiger partial charge in [0.25, 0.3) is 0 Å². The minimum Gasteiger partial charge on any atom is -0.480 e. The Morgan fingerprint density at radius 3 is 2.36 bits per heavy atom. The van der Waals surface area contributed by atoms with E-state index in [1.165, 1.54) is 12.8 Å². The molecule has 0 aromatic rings. The van der Waals surface area contributed by atoms with Crippen LogP contribution in [0, 0.1) is 0 Å². The van der Waals surface area contributed by atoms with Crippen molar-refractivity contribution in [3.8, 4) is 0 Å². The van der Waals surface area contributed by atoms with Gasteiger partial charge in [-0.3, -0.25) is 4.79 Å². The molecule has 84 valence electrons. The molecule has 0 aliphatic rings. The Morgan fingerprint density at radius 1 is 1.21 bits per heavy atom. The molecular formula is C11H23NO2. The Kier molecular flexibility index (Phi) is 8.64. The summed E-state index contributed by atoms with van der Waals surface area (Å²) in [6, 6.07) is -0.341. The lowest BCUT2D eigenvalue weighted by molar-refractivity contribution is -0.139. The van der Waals surface area contributed by atoms with Crippen LogP contribution in [0.1, 0.15) is 52.4 Å². The number of carboxylic acids is 1. The molecule has 0 heterocycles. The van der Waals surface area contributed by atoms with Crippen LogP contribution in [0.3, 0.4) is 0 Å². The zero-order chi connectivity index (χ0) is 10.8. The number of carboxylic acid groups (broad SMARTS) is 1. The molecule has 0 spiro atoms. The second-order valence-corrected chi connectivity index (χ2v) is 3.69. The van der Waals surface area contributed by atoms with Crippen LogP contribution in [0.25, 0.3) is 0 Å². The molecule has 0 aliphatic heterocycles. The fraction of sp³-hybridized carbons (Fsp3) is 0.909. The third-order valence-corrected chi connectivity index (χ3v) is 2.32. The molecule has 0 unspecified atom stereocenters. The summed E-state index contributed by atoms with van der Waals surface area (Å²) in [6.45, 7) is 5.05. The first kappa shape index (κ1) is 13.4. The summed E-state index contributed by atoms with van der Waals surface area (Å²) in [4.78, 5) is 10.8. The van der Waals surface area contributed by atoms with Gasteiger partial charge in [0.05, 0.1) is 0 Å². The van der Waals surface area contributed by atoms with E-state index in [1.54, 1.807) is 0 Å². The lowest BCUT2D eigenvalue weighted by Gasteiger charge is -2.13. The maximum Gasteiger partial charge on any atom is 0.320 e. The van der Waals surface area contributed by atoms with Gasteiger partial charge in [0.2, 0.25) is 0 Å². The van der Waals surface area contributed by atoms with Crippen LogP contribution < -0.4 is 5.32 Å². The van der Waals surface area contributed by atoms with Gasteiger partial charge >= 0.3 is 5.97 Å². The zero-order valence-corrected chi connectivity index (χ0v) is 9.38. The molecule has 0 amide bonds. The third kappa shape index (κ3) is 6.89. The van der Waals surface area contributed by atoms with E-state index in [1.807, 2.05) is 0 Å². The molecule has 2 N–H and O–H groups in total. The van der Waals surface area contributed by atoms with Crippen molar-refractivity contribution in [2.75, 3.05) is 6.54 Å². The second kappa shape index (κ2) is 9.00. The highest BCUT2D eigenvalue weighted by Gasteiger charge is 2.14. The van der Waals surface area contributed by atoms with Gasteiger partial charge in [0.15, 0.2) is 0 Å². The van der Waals surface area contributed by atoms with Crippen molar-refractivity contribution in [3.63, 3.8) is 0 Å². The molecule has 0 saturated heterocycles. The maximum absolute atomic E-state index is 10.8. The van der Waals surface area contributed by atoms with Gasteiger partial charge in [-0.2, -0.15) is 0 Å². The molecule has 0 aliphatic carbocycles. The normalized spacial score (nSPS) is 12.7. The summed E-state index contributed by atoms with van der Waals surface area (Å²) in [6.07, 6.45) is 6.21. The van der Waals surface area contributed by atoms with Crippen LogP contribution in [0.5, 0.6) is 0 Å². The van der Waals surface area contributed by atoms with Crippen molar-refractivity contribution in [1.82, 2.24) is 5.32 Å². The lowest BCUT2D eigenvalue weighted by atomic mass is 10.1. The van der Waals surface area contributed by atoms with Gasteiger partial charge in [-0.1, -0.05) is 39.5 Å². The number of unbranched alkanes of at least 4 members (excludes halogenated alkanes) is 3. The molecule has 3 heteroatoms. The third-order valence-electron chi connectivity index (χ3n) is 2.32. The SMILES string of the molecule is CCCCCN[C@@H](CCCC)C(=O)O. The lowest BCUT2D eigenvalue weighted by Crippen LogP contribution is -2.37. The molecule has 0 bridgehead atoms. The smallest absolute Gasteiger partial charge is 0.320 e. The van der Waals surface area contributed by atoms with Gasteiger partial charge in [-0.05, 0) is 19.4 Å². The van der Waals surface area contributed by atoms with E-state index in [0.29, 0.717) is 0 Å². The Labute approximate surface area is 86.9 Å². The van der Waals surface area contributed by atoms with Crippen LogP contribution in [0.4, 0.5) is 0 Å². The molecular weight excluding hydrogens is 178 g/mol. The quantitative estimate of drug-likeness (QED) is 0.563. The van der Waals surface area contributed by atoms with Crippen LogP contribution >= 0.6 is 0 Å². The molecule has 3 nitrogen and oxygen atoms in total. The van der Waals surface area contributed by atoms with Gasteiger partial charge < -0.3 is 10.4 Å². The van der Waals surface area contributed by atoms with Crippen molar-refractivity contribution in [2.45, 2.75) is 58.4 Å². The largest absolute Gasteiger partial charge is 0.480 e. The Bertz CT molecular complexity index is 148. The van der Waals surface area contributed by atoms with Crippen molar-refractivity contribution in [1.29, 1.82) is 0 Å². The molecule has 1 atom stereocenters. The first-order valence-corrected chi connectivity index (χ1v) is 5.68. The molecule has 0 rings (SSSR count). The highest BCUT2D eigenvalue weighted by atomic mass is 16.4. The maximum atomic E-state index is 10.8. The van der Waals surface area contributed by atoms with Crippen LogP contribution in [0.2, 0.25) is 0 Å². The Morgan fingerprint density at radius 2 is 1.86 bits per heavy atom. The first-order chi connectivity index (χ1) is 6.72. The highest BCUT2D eigenvalue weighted by molar-refractivity contribution is 5.73. The number of hydrogen-bond donors (Lipinski definition) is 2. The number of nitrogens with one attached hydrogen (secondary N) is 1. The summed E-state index contributed by atoms with van der Waals surface area (Å²) in [5.41, 5.74) is 0. The van der Waals surface area contributed by atoms with Crippen molar-refractivity contribution in [2.24, 2.45) is 0 Å². The molecule has 0 aromatic carbocycles. The van der Waals surface area contributed by atoms with E-state index in [9.17, 15) is 4.79 Å². The predicted octanol–water partition coefficient (Wildman–Crippen LogP) is 2.41. The molecule has 0 fully saturated rings. The van der Waals surface area contributed by atoms with Crippen molar-refractivity contribution in [3.05, 3.63) is 0 Å². The number of hydrogen-bond acceptors (Lipinski definition) is 2. The fourth-order valence-electron chi connectivity index (χ4n) is 1.37. The Hall–Kier alpha value is -0.570. The van der Waals surface area contributed by atoms with Crippen molar-refractivity contribution < 1.29 is 9.90 Å². The van der Waals surface area contributed by atoms with E-state index in [4.69, 9.17) is 5.11 Å². The summed E-state index contributed by atoms with van der Waals surface area (Å²) in [7, 11) is 0. The van der Waals surface area contributed by atoms with Crippen LogP contribution in [0.15, 0.2) is 0 Å². The van der Waals surface area contributed by atoms with Crippen LogP contribution in [-0.2, 0) is 4.79 Å². The van der Waals surface area contributed by atoms with Gasteiger partial charge in [-0.25, -0.2) is 0 Å². The predicted molar refractivity (Wildman–Crippen MR) is 58.5 cm³/mol. The number of aliphatic carboxylic acids is 1. The summed E-state index contributed by atoms with van der Waals surface area (Å²) in [5, 5.41) is 12.0. The van der Waals surface area contributed by atoms with E-state index in [-0.39, 0.29) is 6.04 Å². The van der Waals surface area contributed by atoms with Crippen molar-refractivity contribution >= 4 is 5.97 Å².